The van der Waals surface area contributed by atoms with Crippen LogP contribution in [0.2, 0.25) is 10.0 Å². The van der Waals surface area contributed by atoms with Gasteiger partial charge in [-0.15, -0.1) is 0 Å². The number of nitrogens with zero attached hydrogens (tertiary/aromatic N) is 2. The molecule has 0 unspecified atom stereocenters. The van der Waals surface area contributed by atoms with Gasteiger partial charge in [-0.05, 0) is 44.0 Å². The summed E-state index contributed by atoms with van der Waals surface area (Å²) in [5.41, 5.74) is 2.95. The van der Waals surface area contributed by atoms with Gasteiger partial charge in [0.15, 0.2) is 0 Å². The minimum Gasteiger partial charge on any atom is -0.366 e. The second-order valence-corrected chi connectivity index (χ2v) is 7.67. The molecular formula is C21H18Cl2N2O2. The van der Waals surface area contributed by atoms with E-state index < -0.39 is 0 Å². The van der Waals surface area contributed by atoms with E-state index in [-0.39, 0.29) is 11.8 Å². The summed E-state index contributed by atoms with van der Waals surface area (Å²) in [6, 6.07) is 12.3. The Morgan fingerprint density at radius 2 is 1.56 bits per heavy atom. The molecule has 1 fully saturated rings. The van der Waals surface area contributed by atoms with Crippen molar-refractivity contribution in [1.82, 2.24) is 4.90 Å². The zero-order valence-corrected chi connectivity index (χ0v) is 16.3. The summed E-state index contributed by atoms with van der Waals surface area (Å²) in [6.45, 7) is 3.47. The molecule has 2 aromatic carbocycles. The van der Waals surface area contributed by atoms with E-state index in [4.69, 9.17) is 23.2 Å². The second-order valence-electron chi connectivity index (χ2n) is 6.82. The molecule has 2 aromatic rings. The van der Waals surface area contributed by atoms with Gasteiger partial charge in [0.1, 0.15) is 5.70 Å². The highest BCUT2D eigenvalue weighted by molar-refractivity contribution is 6.47. The fourth-order valence-electron chi connectivity index (χ4n) is 3.62. The smallest absolute Gasteiger partial charge is 0.282 e. The van der Waals surface area contributed by atoms with Crippen molar-refractivity contribution in [2.24, 2.45) is 0 Å². The number of anilines is 1. The van der Waals surface area contributed by atoms with Crippen molar-refractivity contribution in [2.45, 2.75) is 19.8 Å². The number of likely N-dealkylation sites (tertiary alicyclic amines) is 1. The molecule has 0 atom stereocenters. The lowest BCUT2D eigenvalue weighted by atomic mass is 10.0. The number of hydrogen-bond acceptors (Lipinski definition) is 3. The van der Waals surface area contributed by atoms with Crippen LogP contribution in [-0.2, 0) is 9.59 Å². The second kappa shape index (κ2) is 7.02. The number of rotatable bonds is 3. The molecule has 2 amide bonds. The van der Waals surface area contributed by atoms with Crippen LogP contribution in [0.25, 0.3) is 5.57 Å². The van der Waals surface area contributed by atoms with Crippen LogP contribution in [0.15, 0.2) is 48.2 Å². The molecule has 0 N–H and O–H groups in total. The third-order valence-corrected chi connectivity index (χ3v) is 5.52. The van der Waals surface area contributed by atoms with Gasteiger partial charge in [-0.25, -0.2) is 4.90 Å². The zero-order chi connectivity index (χ0) is 19.1. The number of benzene rings is 2. The fourth-order valence-corrected chi connectivity index (χ4v) is 4.12. The van der Waals surface area contributed by atoms with Crippen LogP contribution in [-0.4, -0.2) is 29.8 Å². The van der Waals surface area contributed by atoms with Gasteiger partial charge in [-0.1, -0.05) is 47.0 Å². The average molecular weight is 401 g/mol. The van der Waals surface area contributed by atoms with Gasteiger partial charge in [-0.3, -0.25) is 9.59 Å². The monoisotopic (exact) mass is 400 g/mol. The largest absolute Gasteiger partial charge is 0.366 e. The maximum absolute atomic E-state index is 13.3. The van der Waals surface area contributed by atoms with Gasteiger partial charge in [0.05, 0.1) is 16.3 Å². The Morgan fingerprint density at radius 1 is 0.889 bits per heavy atom. The van der Waals surface area contributed by atoms with Crippen LogP contribution in [0.3, 0.4) is 0 Å². The van der Waals surface area contributed by atoms with Gasteiger partial charge < -0.3 is 4.90 Å². The van der Waals surface area contributed by atoms with Crippen LogP contribution in [0.1, 0.15) is 24.0 Å². The van der Waals surface area contributed by atoms with Crippen LogP contribution < -0.4 is 4.90 Å². The lowest BCUT2D eigenvalue weighted by Crippen LogP contribution is -2.34. The van der Waals surface area contributed by atoms with Gasteiger partial charge in [0.25, 0.3) is 11.8 Å². The topological polar surface area (TPSA) is 40.6 Å². The molecule has 6 heteroatoms. The van der Waals surface area contributed by atoms with Gasteiger partial charge >= 0.3 is 0 Å². The number of hydrogen-bond donors (Lipinski definition) is 0. The maximum atomic E-state index is 13.3. The highest BCUT2D eigenvalue weighted by Gasteiger charge is 2.43. The molecule has 0 saturated carbocycles. The Morgan fingerprint density at radius 3 is 2.19 bits per heavy atom. The van der Waals surface area contributed by atoms with E-state index in [0.29, 0.717) is 32.6 Å². The molecule has 27 heavy (non-hydrogen) atoms. The Balaban J connectivity index is 1.86. The van der Waals surface area contributed by atoms with Crippen molar-refractivity contribution in [1.29, 1.82) is 0 Å². The van der Waals surface area contributed by atoms with Gasteiger partial charge in [0.2, 0.25) is 0 Å². The number of imide groups is 1. The van der Waals surface area contributed by atoms with E-state index in [0.717, 1.165) is 31.5 Å². The van der Waals surface area contributed by atoms with Crippen LogP contribution in [0.5, 0.6) is 0 Å². The van der Waals surface area contributed by atoms with Crippen molar-refractivity contribution in [3.63, 3.8) is 0 Å². The Kier molecular flexibility index (Phi) is 4.70. The van der Waals surface area contributed by atoms with E-state index in [1.165, 1.54) is 4.90 Å². The van der Waals surface area contributed by atoms with Crippen molar-refractivity contribution in [3.8, 4) is 0 Å². The molecule has 2 aliphatic heterocycles. The number of aryl methyl sites for hydroxylation is 1. The first kappa shape index (κ1) is 18.1. The normalized spacial score (nSPS) is 17.4. The predicted molar refractivity (Wildman–Crippen MR) is 108 cm³/mol. The Labute approximate surface area is 168 Å². The minimum absolute atomic E-state index is 0.299. The fraction of sp³-hybridized carbons (Fsp3) is 0.238. The summed E-state index contributed by atoms with van der Waals surface area (Å²) in [7, 11) is 0. The molecule has 2 heterocycles. The van der Waals surface area contributed by atoms with Crippen LogP contribution >= 0.6 is 23.2 Å². The van der Waals surface area contributed by atoms with Crippen LogP contribution in [0.4, 0.5) is 5.69 Å². The van der Waals surface area contributed by atoms with E-state index in [9.17, 15) is 9.59 Å². The van der Waals surface area contributed by atoms with Gasteiger partial charge in [-0.2, -0.15) is 0 Å². The first-order chi connectivity index (χ1) is 13.0. The summed E-state index contributed by atoms with van der Waals surface area (Å²) >= 11 is 12.4. The number of amides is 2. The first-order valence-corrected chi connectivity index (χ1v) is 9.63. The summed E-state index contributed by atoms with van der Waals surface area (Å²) in [5, 5.41) is 0.848. The lowest BCUT2D eigenvalue weighted by Gasteiger charge is -2.20. The maximum Gasteiger partial charge on any atom is 0.282 e. The quantitative estimate of drug-likeness (QED) is 0.702. The van der Waals surface area contributed by atoms with E-state index in [2.05, 4.69) is 0 Å². The summed E-state index contributed by atoms with van der Waals surface area (Å²) in [4.78, 5) is 29.9. The summed E-state index contributed by atoms with van der Waals surface area (Å²) < 4.78 is 0. The molecule has 2 aliphatic rings. The molecule has 4 rings (SSSR count). The average Bonchev–Trinajstić information content (AvgIpc) is 3.23. The standard InChI is InChI=1S/C21H18Cl2N2O2/c1-13-4-7-15(8-5-13)25-20(26)18(16-9-6-14(22)12-17(16)23)19(21(25)27)24-10-2-3-11-24/h4-9,12H,2-3,10-11H2,1H3. The lowest BCUT2D eigenvalue weighted by molar-refractivity contribution is -0.120. The third-order valence-electron chi connectivity index (χ3n) is 4.97. The Bertz CT molecular complexity index is 961. The molecule has 1 saturated heterocycles. The van der Waals surface area contributed by atoms with Crippen LogP contribution in [0, 0.1) is 6.92 Å². The molecule has 0 radical (unpaired) electrons. The zero-order valence-electron chi connectivity index (χ0n) is 14.8. The van der Waals surface area contributed by atoms with Crippen molar-refractivity contribution >= 4 is 46.3 Å². The number of carbonyl (C=O) groups excluding carboxylic acids is 2. The summed E-state index contributed by atoms with van der Waals surface area (Å²) in [6.07, 6.45) is 1.99. The molecule has 4 nitrogen and oxygen atoms in total. The van der Waals surface area contributed by atoms with Crippen molar-refractivity contribution in [3.05, 3.63) is 69.3 Å². The van der Waals surface area contributed by atoms with E-state index in [1.807, 2.05) is 24.0 Å². The number of halogens is 2. The highest BCUT2D eigenvalue weighted by Crippen LogP contribution is 2.39. The van der Waals surface area contributed by atoms with E-state index in [1.54, 1.807) is 30.3 Å². The van der Waals surface area contributed by atoms with Crippen molar-refractivity contribution < 1.29 is 9.59 Å². The first-order valence-electron chi connectivity index (χ1n) is 8.87. The molecule has 0 spiro atoms. The molecule has 138 valence electrons. The van der Waals surface area contributed by atoms with Gasteiger partial charge in [0, 0.05) is 23.7 Å². The molecule has 0 aromatic heterocycles. The van der Waals surface area contributed by atoms with E-state index >= 15 is 0 Å². The predicted octanol–water partition coefficient (Wildman–Crippen LogP) is 4.68. The minimum atomic E-state index is -0.352. The molecular weight excluding hydrogens is 383 g/mol. The third kappa shape index (κ3) is 3.13. The summed E-state index contributed by atoms with van der Waals surface area (Å²) in [5.74, 6) is -0.651. The molecule has 0 aliphatic carbocycles. The Hall–Kier alpha value is -2.30. The number of carbonyl (C=O) groups is 2. The van der Waals surface area contributed by atoms with Crippen molar-refractivity contribution in [2.75, 3.05) is 18.0 Å². The SMILES string of the molecule is Cc1ccc(N2C(=O)C(c3ccc(Cl)cc3Cl)=C(N3CCCC3)C2=O)cc1. The highest BCUT2D eigenvalue weighted by atomic mass is 35.5. The molecule has 0 bridgehead atoms.